The second-order valence-corrected chi connectivity index (χ2v) is 8.50. The molecule has 2 aromatic carbocycles. The van der Waals surface area contributed by atoms with Gasteiger partial charge in [0, 0.05) is 36.3 Å². The topological polar surface area (TPSA) is 74.3 Å². The maximum Gasteiger partial charge on any atom is 0.283 e. The van der Waals surface area contributed by atoms with Gasteiger partial charge in [0.25, 0.3) is 5.56 Å². The van der Waals surface area contributed by atoms with Crippen LogP contribution in [-0.2, 0) is 6.54 Å². The maximum absolute atomic E-state index is 13.2. The first-order valence-corrected chi connectivity index (χ1v) is 11.3. The van der Waals surface area contributed by atoms with Gasteiger partial charge in [-0.1, -0.05) is 60.7 Å². The summed E-state index contributed by atoms with van der Waals surface area (Å²) in [5.41, 5.74) is 4.23. The number of allylic oxidation sites excluding steroid dienone is 2. The molecule has 0 fully saturated rings. The van der Waals surface area contributed by atoms with Crippen LogP contribution < -0.4 is 5.56 Å². The van der Waals surface area contributed by atoms with Crippen LogP contribution in [0.15, 0.2) is 106 Å². The molecule has 0 saturated carbocycles. The van der Waals surface area contributed by atoms with Gasteiger partial charge in [-0.3, -0.25) is 4.79 Å². The van der Waals surface area contributed by atoms with Crippen molar-refractivity contribution in [3.8, 4) is 17.2 Å². The molecule has 0 aliphatic carbocycles. The lowest BCUT2D eigenvalue weighted by atomic mass is 10.1. The fourth-order valence-corrected chi connectivity index (χ4v) is 4.67. The van der Waals surface area contributed by atoms with Crippen LogP contribution in [-0.4, -0.2) is 20.8 Å². The van der Waals surface area contributed by atoms with Crippen LogP contribution in [0.1, 0.15) is 12.0 Å². The molecule has 5 rings (SSSR count). The number of hydrogen-bond donors (Lipinski definition) is 0. The first kappa shape index (κ1) is 20.6. The van der Waals surface area contributed by atoms with E-state index in [0.717, 1.165) is 22.3 Å². The van der Waals surface area contributed by atoms with Gasteiger partial charge in [-0.15, -0.1) is 11.3 Å². The summed E-state index contributed by atoms with van der Waals surface area (Å²) in [7, 11) is 0. The van der Waals surface area contributed by atoms with E-state index in [2.05, 4.69) is 16.2 Å². The Kier molecular flexibility index (Phi) is 5.66. The zero-order valence-corrected chi connectivity index (χ0v) is 18.4. The Morgan fingerprint density at radius 3 is 2.61 bits per heavy atom. The van der Waals surface area contributed by atoms with Crippen molar-refractivity contribution >= 4 is 27.8 Å². The first-order chi connectivity index (χ1) is 16.2. The van der Waals surface area contributed by atoms with Gasteiger partial charge in [-0.05, 0) is 16.7 Å². The molecule has 6 nitrogen and oxygen atoms in total. The Labute approximate surface area is 194 Å². The van der Waals surface area contributed by atoms with Crippen LogP contribution in [0.25, 0.3) is 21.3 Å². The summed E-state index contributed by atoms with van der Waals surface area (Å²) in [4.78, 5) is 20.3. The highest BCUT2D eigenvalue weighted by atomic mass is 32.1. The van der Waals surface area contributed by atoms with E-state index >= 15 is 0 Å². The summed E-state index contributed by atoms with van der Waals surface area (Å²) in [6.45, 7) is 0.645. The summed E-state index contributed by atoms with van der Waals surface area (Å²) in [5, 5.41) is 16.4. The summed E-state index contributed by atoms with van der Waals surface area (Å²) in [6.07, 6.45) is 7.34. The van der Waals surface area contributed by atoms with Gasteiger partial charge in [-0.25, -0.2) is 4.98 Å². The Morgan fingerprint density at radius 2 is 1.85 bits per heavy atom. The Morgan fingerprint density at radius 1 is 1.09 bits per heavy atom. The molecule has 0 spiro atoms. The van der Waals surface area contributed by atoms with E-state index in [9.17, 15) is 10.1 Å². The van der Waals surface area contributed by atoms with Crippen LogP contribution in [0.3, 0.4) is 0 Å². The lowest BCUT2D eigenvalue weighted by Crippen LogP contribution is -2.18. The van der Waals surface area contributed by atoms with E-state index in [1.165, 1.54) is 22.3 Å². The highest BCUT2D eigenvalue weighted by Crippen LogP contribution is 2.30. The molecule has 0 radical (unpaired) electrons. The molecule has 0 N–H and O–H groups in total. The second kappa shape index (κ2) is 9.07. The zero-order valence-electron chi connectivity index (χ0n) is 17.6. The van der Waals surface area contributed by atoms with Gasteiger partial charge in [0.2, 0.25) is 0 Å². The summed E-state index contributed by atoms with van der Waals surface area (Å²) < 4.78 is 1.26. The van der Waals surface area contributed by atoms with E-state index in [1.54, 1.807) is 6.21 Å². The molecular weight excluding hydrogens is 430 g/mol. The minimum atomic E-state index is -0.218. The number of thiophene rings is 1. The van der Waals surface area contributed by atoms with Crippen LogP contribution in [0.2, 0.25) is 0 Å². The number of fused-ring (bicyclic) bond motifs is 1. The van der Waals surface area contributed by atoms with Crippen molar-refractivity contribution in [1.82, 2.24) is 14.6 Å². The summed E-state index contributed by atoms with van der Waals surface area (Å²) in [6, 6.07) is 22.1. The monoisotopic (exact) mass is 449 g/mol. The number of nitriles is 1. The number of aromatic nitrogens is 2. The van der Waals surface area contributed by atoms with E-state index in [0.29, 0.717) is 28.8 Å². The van der Waals surface area contributed by atoms with E-state index in [1.807, 2.05) is 83.3 Å². The molecule has 1 aliphatic rings. The smallest absolute Gasteiger partial charge is 0.283 e. The van der Waals surface area contributed by atoms with Crippen LogP contribution in [0.5, 0.6) is 0 Å². The largest absolute Gasteiger partial charge is 0.349 e. The molecule has 1 aliphatic heterocycles. The lowest BCUT2D eigenvalue weighted by molar-refractivity contribution is 0.487. The predicted octanol–water partition coefficient (Wildman–Crippen LogP) is 5.16. The van der Waals surface area contributed by atoms with Gasteiger partial charge in [-0.2, -0.15) is 15.0 Å². The van der Waals surface area contributed by atoms with Crippen molar-refractivity contribution in [2.24, 2.45) is 5.10 Å². The third-order valence-electron chi connectivity index (χ3n) is 5.31. The average molecular weight is 450 g/mol. The van der Waals surface area contributed by atoms with Crippen molar-refractivity contribution in [2.75, 3.05) is 0 Å². The average Bonchev–Trinajstić information content (AvgIpc) is 3.30. The van der Waals surface area contributed by atoms with E-state index in [-0.39, 0.29) is 5.56 Å². The quantitative estimate of drug-likeness (QED) is 0.395. The standard InChI is InChI=1S/C26H19N5OS/c27-12-20-11-21(16-30(15-20)14-19-7-3-1-4-8-19)13-29-31-18-28-25-24(26(31)32)23(17-33-25)22-9-5-2-6-10-22/h1-10,13,15-18H,11,14H2. The van der Waals surface area contributed by atoms with Crippen molar-refractivity contribution < 1.29 is 0 Å². The van der Waals surface area contributed by atoms with Crippen molar-refractivity contribution in [3.63, 3.8) is 0 Å². The highest BCUT2D eigenvalue weighted by Gasteiger charge is 2.14. The zero-order chi connectivity index (χ0) is 22.6. The highest BCUT2D eigenvalue weighted by molar-refractivity contribution is 7.17. The Hall–Kier alpha value is -4.28. The third kappa shape index (κ3) is 4.38. The van der Waals surface area contributed by atoms with Crippen LogP contribution in [0, 0.1) is 11.3 Å². The van der Waals surface area contributed by atoms with Crippen molar-refractivity contribution in [3.05, 3.63) is 112 Å². The third-order valence-corrected chi connectivity index (χ3v) is 6.20. The molecule has 0 unspecified atom stereocenters. The van der Waals surface area contributed by atoms with Gasteiger partial charge in [0.05, 0.1) is 23.2 Å². The lowest BCUT2D eigenvalue weighted by Gasteiger charge is -2.21. The fourth-order valence-electron chi connectivity index (χ4n) is 3.77. The molecule has 33 heavy (non-hydrogen) atoms. The van der Waals surface area contributed by atoms with E-state index in [4.69, 9.17) is 0 Å². The van der Waals surface area contributed by atoms with Gasteiger partial charge < -0.3 is 4.90 Å². The molecular formula is C26H19N5OS. The van der Waals surface area contributed by atoms with Crippen LogP contribution >= 0.6 is 11.3 Å². The van der Waals surface area contributed by atoms with Gasteiger partial charge in [0.15, 0.2) is 0 Å². The molecule has 2 aromatic heterocycles. The summed E-state index contributed by atoms with van der Waals surface area (Å²) in [5.74, 6) is 0. The predicted molar refractivity (Wildman–Crippen MR) is 132 cm³/mol. The molecule has 0 bridgehead atoms. The number of rotatable bonds is 5. The van der Waals surface area contributed by atoms with Crippen molar-refractivity contribution in [1.29, 1.82) is 5.26 Å². The normalized spacial score (nSPS) is 13.7. The molecule has 160 valence electrons. The molecule has 7 heteroatoms. The van der Waals surface area contributed by atoms with Crippen molar-refractivity contribution in [2.45, 2.75) is 13.0 Å². The Balaban J connectivity index is 1.46. The minimum Gasteiger partial charge on any atom is -0.349 e. The number of hydrogen-bond acceptors (Lipinski definition) is 6. The van der Waals surface area contributed by atoms with Gasteiger partial charge in [0.1, 0.15) is 11.2 Å². The molecule has 0 amide bonds. The molecule has 4 aromatic rings. The first-order valence-electron chi connectivity index (χ1n) is 10.4. The second-order valence-electron chi connectivity index (χ2n) is 7.64. The number of nitrogens with zero attached hydrogens (tertiary/aromatic N) is 5. The number of benzene rings is 2. The van der Waals surface area contributed by atoms with E-state index < -0.39 is 0 Å². The molecule has 3 heterocycles. The Bertz CT molecular complexity index is 1490. The van der Waals surface area contributed by atoms with Crippen LogP contribution in [0.4, 0.5) is 0 Å². The van der Waals surface area contributed by atoms with Gasteiger partial charge >= 0.3 is 0 Å². The molecule has 0 atom stereocenters. The molecule has 0 saturated heterocycles. The summed E-state index contributed by atoms with van der Waals surface area (Å²) >= 11 is 1.44. The SMILES string of the molecule is N#CC1=CN(Cc2ccccc2)C=C(C=Nn2cnc3scc(-c4ccccc4)c3c2=O)C1. The minimum absolute atomic E-state index is 0.218. The fraction of sp³-hybridized carbons (Fsp3) is 0.0769. The maximum atomic E-state index is 13.2.